The summed E-state index contributed by atoms with van der Waals surface area (Å²) in [7, 11) is 0. The predicted octanol–water partition coefficient (Wildman–Crippen LogP) is -0.610. The van der Waals surface area contributed by atoms with E-state index in [1.165, 1.54) is 0 Å². The van der Waals surface area contributed by atoms with Crippen molar-refractivity contribution in [2.24, 2.45) is 0 Å². The molecule has 0 unspecified atom stereocenters. The second-order valence-electron chi connectivity index (χ2n) is 11.2. The van der Waals surface area contributed by atoms with Gasteiger partial charge in [-0.15, -0.1) is 0 Å². The van der Waals surface area contributed by atoms with Crippen molar-refractivity contribution in [1.82, 2.24) is 0 Å². The average molecular weight is 855 g/mol. The van der Waals surface area contributed by atoms with Crippen molar-refractivity contribution in [1.29, 1.82) is 0 Å². The Bertz CT molecular complexity index is 702. The van der Waals surface area contributed by atoms with Crippen LogP contribution in [-0.2, 0) is 85.3 Å². The summed E-state index contributed by atoms with van der Waals surface area (Å²) in [4.78, 5) is 11.6. The largest absolute Gasteiger partial charge is 0.508 e. The quantitative estimate of drug-likeness (QED) is 0.0575. The van der Waals surface area contributed by atoms with Crippen molar-refractivity contribution in [3.63, 3.8) is 0 Å². The fraction of sp³-hybridized carbons (Fsp3) is 0.973. The van der Waals surface area contributed by atoms with Gasteiger partial charge in [0.15, 0.2) is 0 Å². The molecule has 0 amide bonds. The number of aliphatic hydroxyl groups is 2. The Morgan fingerprint density at radius 3 is 0.466 bits per heavy atom. The summed E-state index contributed by atoms with van der Waals surface area (Å²) < 4.78 is 95.7. The summed E-state index contributed by atoms with van der Waals surface area (Å²) in [5.74, 6) is 0. The Labute approximate surface area is 344 Å². The SMILES string of the molecule is O=C(OCCOCCOCCOCCOCCOCCOCCOCCOCCO)OCCOCCOCCOCCOCCOCCOCCOCCOCCO. The van der Waals surface area contributed by atoms with Gasteiger partial charge < -0.3 is 95.5 Å². The molecule has 0 atom stereocenters. The van der Waals surface area contributed by atoms with Crippen LogP contribution >= 0.6 is 0 Å². The van der Waals surface area contributed by atoms with E-state index in [4.69, 9.17) is 95.5 Å². The zero-order chi connectivity index (χ0) is 41.8. The van der Waals surface area contributed by atoms with Gasteiger partial charge in [0.05, 0.1) is 225 Å². The number of carbonyl (C=O) groups is 1. The Morgan fingerprint density at radius 2 is 0.328 bits per heavy atom. The first kappa shape index (κ1) is 56.5. The smallest absolute Gasteiger partial charge is 0.432 e. The van der Waals surface area contributed by atoms with Crippen LogP contribution in [-0.4, -0.2) is 254 Å². The third-order valence-electron chi connectivity index (χ3n) is 6.57. The highest BCUT2D eigenvalue weighted by Gasteiger charge is 2.04. The zero-order valence-corrected chi connectivity index (χ0v) is 34.6. The Morgan fingerprint density at radius 1 is 0.207 bits per heavy atom. The monoisotopic (exact) mass is 854 g/mol. The standard InChI is InChI=1S/C37H74O21/c38-1-3-41-5-7-43-9-11-45-13-15-47-17-19-49-21-23-51-25-27-53-29-31-55-33-35-57-37(40)58-36-34-56-32-30-54-28-26-52-24-22-50-20-18-48-16-14-46-12-10-44-8-6-42-4-2-39/h38-39H,1-36H2. The fourth-order valence-corrected chi connectivity index (χ4v) is 3.82. The number of hydrogen-bond acceptors (Lipinski definition) is 21. The van der Waals surface area contributed by atoms with Gasteiger partial charge in [0, 0.05) is 0 Å². The topological polar surface area (TPSA) is 224 Å². The van der Waals surface area contributed by atoms with Gasteiger partial charge in [0.2, 0.25) is 0 Å². The molecule has 0 saturated carbocycles. The Balaban J connectivity index is 3.14. The lowest BCUT2D eigenvalue weighted by molar-refractivity contribution is -0.0278. The molecule has 0 heterocycles. The third-order valence-corrected chi connectivity index (χ3v) is 6.57. The number of ether oxygens (including phenoxy) is 18. The lowest BCUT2D eigenvalue weighted by atomic mass is 10.6. The molecular weight excluding hydrogens is 780 g/mol. The Kier molecular flexibility index (Phi) is 52.2. The minimum atomic E-state index is -0.787. The molecule has 0 aromatic rings. The first-order valence-electron chi connectivity index (χ1n) is 20.1. The van der Waals surface area contributed by atoms with Gasteiger partial charge in [0.1, 0.15) is 13.2 Å². The molecule has 0 saturated heterocycles. The number of carbonyl (C=O) groups excluding carboxylic acids is 1. The maximum absolute atomic E-state index is 11.6. The van der Waals surface area contributed by atoms with Crippen LogP contribution in [0, 0.1) is 0 Å². The van der Waals surface area contributed by atoms with Gasteiger partial charge in [-0.25, -0.2) is 4.79 Å². The molecule has 0 bridgehead atoms. The molecule has 348 valence electrons. The van der Waals surface area contributed by atoms with E-state index in [1.807, 2.05) is 0 Å². The summed E-state index contributed by atoms with van der Waals surface area (Å²) in [6, 6.07) is 0. The maximum Gasteiger partial charge on any atom is 0.508 e. The van der Waals surface area contributed by atoms with Crippen LogP contribution in [0.2, 0.25) is 0 Å². The molecule has 0 radical (unpaired) electrons. The molecule has 0 aliphatic carbocycles. The lowest BCUT2D eigenvalue weighted by Crippen LogP contribution is -2.17. The highest BCUT2D eigenvalue weighted by molar-refractivity contribution is 5.59. The van der Waals surface area contributed by atoms with Crippen molar-refractivity contribution in [2.45, 2.75) is 0 Å². The van der Waals surface area contributed by atoms with Crippen LogP contribution in [0.1, 0.15) is 0 Å². The first-order valence-corrected chi connectivity index (χ1v) is 20.1. The number of rotatable bonds is 52. The van der Waals surface area contributed by atoms with Crippen LogP contribution in [0.5, 0.6) is 0 Å². The van der Waals surface area contributed by atoms with E-state index in [9.17, 15) is 4.79 Å². The third kappa shape index (κ3) is 52.6. The van der Waals surface area contributed by atoms with Gasteiger partial charge in [0.25, 0.3) is 0 Å². The van der Waals surface area contributed by atoms with Crippen molar-refractivity contribution in [3.8, 4) is 0 Å². The second kappa shape index (κ2) is 53.6. The number of aliphatic hydroxyl groups excluding tert-OH is 2. The molecule has 0 fully saturated rings. The lowest BCUT2D eigenvalue weighted by Gasteiger charge is -2.09. The van der Waals surface area contributed by atoms with Crippen molar-refractivity contribution < 1.29 is 100 Å². The van der Waals surface area contributed by atoms with E-state index in [0.717, 1.165) is 0 Å². The molecule has 0 aliphatic rings. The van der Waals surface area contributed by atoms with Crippen LogP contribution in [0.4, 0.5) is 4.79 Å². The summed E-state index contributed by atoms with van der Waals surface area (Å²) >= 11 is 0. The van der Waals surface area contributed by atoms with Crippen LogP contribution in [0.25, 0.3) is 0 Å². The summed E-state index contributed by atoms with van der Waals surface area (Å²) in [5, 5.41) is 17.2. The van der Waals surface area contributed by atoms with Gasteiger partial charge in [-0.3, -0.25) is 0 Å². The minimum absolute atomic E-state index is 0.0127. The van der Waals surface area contributed by atoms with E-state index in [1.54, 1.807) is 0 Å². The summed E-state index contributed by atoms with van der Waals surface area (Å²) in [5.41, 5.74) is 0. The van der Waals surface area contributed by atoms with Gasteiger partial charge in [-0.1, -0.05) is 0 Å². The molecule has 0 aliphatic heterocycles. The van der Waals surface area contributed by atoms with Crippen LogP contribution in [0.3, 0.4) is 0 Å². The summed E-state index contributed by atoms with van der Waals surface area (Å²) in [6.45, 7) is 13.9. The van der Waals surface area contributed by atoms with E-state index < -0.39 is 6.16 Å². The van der Waals surface area contributed by atoms with Crippen molar-refractivity contribution in [2.75, 3.05) is 238 Å². The second-order valence-corrected chi connectivity index (χ2v) is 11.2. The minimum Gasteiger partial charge on any atom is -0.432 e. The molecule has 0 rings (SSSR count). The first-order chi connectivity index (χ1) is 28.8. The average Bonchev–Trinajstić information content (AvgIpc) is 3.23. The Hall–Kier alpha value is -1.45. The van der Waals surface area contributed by atoms with E-state index in [0.29, 0.717) is 198 Å². The molecular formula is C37H74O21. The van der Waals surface area contributed by atoms with Gasteiger partial charge in [-0.2, -0.15) is 0 Å². The van der Waals surface area contributed by atoms with Crippen LogP contribution in [0.15, 0.2) is 0 Å². The fourth-order valence-electron chi connectivity index (χ4n) is 3.82. The summed E-state index contributed by atoms with van der Waals surface area (Å²) in [6.07, 6.45) is -0.787. The van der Waals surface area contributed by atoms with Crippen molar-refractivity contribution in [3.05, 3.63) is 0 Å². The highest BCUT2D eigenvalue weighted by atomic mass is 16.7. The predicted molar refractivity (Wildman–Crippen MR) is 205 cm³/mol. The van der Waals surface area contributed by atoms with E-state index in [-0.39, 0.29) is 39.6 Å². The molecule has 21 heteroatoms. The molecule has 0 spiro atoms. The normalized spacial score (nSPS) is 11.5. The van der Waals surface area contributed by atoms with Crippen molar-refractivity contribution >= 4 is 6.16 Å². The molecule has 58 heavy (non-hydrogen) atoms. The molecule has 0 aromatic carbocycles. The van der Waals surface area contributed by atoms with Crippen LogP contribution < -0.4 is 0 Å². The molecule has 2 N–H and O–H groups in total. The highest BCUT2D eigenvalue weighted by Crippen LogP contribution is 1.90. The molecule has 0 aromatic heterocycles. The van der Waals surface area contributed by atoms with E-state index in [2.05, 4.69) is 0 Å². The molecule has 21 nitrogen and oxygen atoms in total. The van der Waals surface area contributed by atoms with Gasteiger partial charge >= 0.3 is 6.16 Å². The maximum atomic E-state index is 11.6. The number of hydrogen-bond donors (Lipinski definition) is 2. The van der Waals surface area contributed by atoms with Gasteiger partial charge in [-0.05, 0) is 0 Å². The zero-order valence-electron chi connectivity index (χ0n) is 34.6. The van der Waals surface area contributed by atoms with E-state index >= 15 is 0 Å².